The molecular weight excluding hydrogens is 306 g/mol. The molecule has 23 heavy (non-hydrogen) atoms. The second kappa shape index (κ2) is 7.57. The van der Waals surface area contributed by atoms with Crippen LogP contribution in [0, 0.1) is 0 Å². The fourth-order valence-corrected chi connectivity index (χ4v) is 1.80. The molecule has 0 aliphatic carbocycles. The summed E-state index contributed by atoms with van der Waals surface area (Å²) >= 11 is 0. The van der Waals surface area contributed by atoms with Crippen LogP contribution in [0.1, 0.15) is 18.3 Å². The summed E-state index contributed by atoms with van der Waals surface area (Å²) in [7, 11) is 0. The van der Waals surface area contributed by atoms with E-state index in [9.17, 15) is 13.6 Å². The summed E-state index contributed by atoms with van der Waals surface area (Å²) in [6, 6.07) is 5.83. The van der Waals surface area contributed by atoms with E-state index in [0.717, 1.165) is 0 Å². The predicted octanol–water partition coefficient (Wildman–Crippen LogP) is 2.18. The monoisotopic (exact) mass is 322 g/mol. The maximum atomic E-state index is 14.0. The van der Waals surface area contributed by atoms with Gasteiger partial charge in [0.25, 0.3) is 0 Å². The Morgan fingerprint density at radius 2 is 2.09 bits per heavy atom. The highest BCUT2D eigenvalue weighted by molar-refractivity contribution is 5.72. The molecule has 8 heteroatoms. The normalized spacial score (nSPS) is 11.1. The number of rotatable bonds is 7. The molecule has 0 aliphatic rings. The number of halogens is 2. The van der Waals surface area contributed by atoms with E-state index >= 15 is 0 Å². The number of nitrogens with zero attached hydrogens (tertiary/aromatic N) is 3. The maximum absolute atomic E-state index is 14.0. The van der Waals surface area contributed by atoms with Crippen LogP contribution in [0.25, 0.3) is 0 Å². The van der Waals surface area contributed by atoms with Crippen molar-refractivity contribution in [1.29, 1.82) is 0 Å². The Bertz CT molecular complexity index is 653. The molecule has 6 nitrogen and oxygen atoms in total. The number of alkyl halides is 2. The van der Waals surface area contributed by atoms with E-state index in [-0.39, 0.29) is 24.7 Å². The van der Waals surface area contributed by atoms with Crippen molar-refractivity contribution in [3.63, 3.8) is 0 Å². The largest absolute Gasteiger partial charge is 0.466 e. The van der Waals surface area contributed by atoms with Gasteiger partial charge in [-0.15, -0.1) is 0 Å². The summed E-state index contributed by atoms with van der Waals surface area (Å²) in [6.45, 7) is 1.27. The second-order valence-electron chi connectivity index (χ2n) is 4.63. The molecule has 0 amide bonds. The molecule has 0 aromatic carbocycles. The van der Waals surface area contributed by atoms with Gasteiger partial charge >= 0.3 is 11.9 Å². The summed E-state index contributed by atoms with van der Waals surface area (Å²) in [5.74, 6) is -3.58. The molecular formula is C15H16F2N4O2. The first-order valence-corrected chi connectivity index (χ1v) is 7.02. The molecule has 0 bridgehead atoms. The summed E-state index contributed by atoms with van der Waals surface area (Å²) in [6.07, 6.45) is 2.66. The molecule has 2 aromatic rings. The number of aromatic nitrogens is 3. The lowest BCUT2D eigenvalue weighted by atomic mass is 10.2. The third kappa shape index (κ3) is 4.94. The lowest BCUT2D eigenvalue weighted by Gasteiger charge is -2.16. The van der Waals surface area contributed by atoms with Gasteiger partial charge in [0.05, 0.1) is 25.3 Å². The first-order chi connectivity index (χ1) is 11.0. The smallest absolute Gasteiger partial charge is 0.311 e. The van der Waals surface area contributed by atoms with Crippen LogP contribution in [-0.2, 0) is 21.9 Å². The highest BCUT2D eigenvalue weighted by Crippen LogP contribution is 2.25. The van der Waals surface area contributed by atoms with Gasteiger partial charge in [-0.2, -0.15) is 8.78 Å². The molecule has 0 fully saturated rings. The minimum Gasteiger partial charge on any atom is -0.466 e. The fourth-order valence-electron chi connectivity index (χ4n) is 1.80. The molecule has 2 heterocycles. The molecule has 1 N–H and O–H groups in total. The van der Waals surface area contributed by atoms with Gasteiger partial charge in [-0.05, 0) is 25.1 Å². The molecule has 0 saturated heterocycles. The zero-order valence-electron chi connectivity index (χ0n) is 12.5. The zero-order valence-corrected chi connectivity index (χ0v) is 12.5. The van der Waals surface area contributed by atoms with Crippen LogP contribution in [0.3, 0.4) is 0 Å². The standard InChI is InChI=1S/C15H16F2N4O2/c1-2-23-13(22)9-11-6-8-19-14(21-11)20-10-15(16,17)12-5-3-4-7-18-12/h3-8H,2,9-10H2,1H3,(H,19,20,21). The number of anilines is 1. The predicted molar refractivity (Wildman–Crippen MR) is 79.0 cm³/mol. The van der Waals surface area contributed by atoms with Crippen LogP contribution in [0.2, 0.25) is 0 Å². The molecule has 0 atom stereocenters. The van der Waals surface area contributed by atoms with Crippen molar-refractivity contribution < 1.29 is 18.3 Å². The van der Waals surface area contributed by atoms with Crippen molar-refractivity contribution in [2.24, 2.45) is 0 Å². The van der Waals surface area contributed by atoms with Gasteiger partial charge in [0.2, 0.25) is 5.95 Å². The van der Waals surface area contributed by atoms with Crippen molar-refractivity contribution in [3.05, 3.63) is 48.0 Å². The van der Waals surface area contributed by atoms with E-state index in [1.54, 1.807) is 13.0 Å². The molecule has 0 unspecified atom stereocenters. The SMILES string of the molecule is CCOC(=O)Cc1ccnc(NCC(F)(F)c2ccccn2)n1. The fraction of sp³-hybridized carbons (Fsp3) is 0.333. The van der Waals surface area contributed by atoms with E-state index < -0.39 is 18.4 Å². The summed E-state index contributed by atoms with van der Waals surface area (Å²) in [4.78, 5) is 22.9. The van der Waals surface area contributed by atoms with Crippen molar-refractivity contribution in [1.82, 2.24) is 15.0 Å². The molecule has 0 aliphatic heterocycles. The average Bonchev–Trinajstić information content (AvgIpc) is 2.54. The summed E-state index contributed by atoms with van der Waals surface area (Å²) < 4.78 is 32.8. The number of nitrogens with one attached hydrogen (secondary N) is 1. The number of esters is 1. The number of carbonyl (C=O) groups excluding carboxylic acids is 1. The van der Waals surface area contributed by atoms with Crippen LogP contribution >= 0.6 is 0 Å². The van der Waals surface area contributed by atoms with Crippen molar-refractivity contribution in [2.45, 2.75) is 19.3 Å². The van der Waals surface area contributed by atoms with Crippen LogP contribution in [-0.4, -0.2) is 34.1 Å². The quantitative estimate of drug-likeness (QED) is 0.787. The van der Waals surface area contributed by atoms with Crippen molar-refractivity contribution in [3.8, 4) is 0 Å². The number of carbonyl (C=O) groups is 1. The molecule has 122 valence electrons. The minimum absolute atomic E-state index is 0.0161. The third-order valence-electron chi connectivity index (χ3n) is 2.85. The van der Waals surface area contributed by atoms with Crippen LogP contribution in [0.4, 0.5) is 14.7 Å². The lowest BCUT2D eigenvalue weighted by molar-refractivity contribution is -0.142. The molecule has 0 saturated carbocycles. The van der Waals surface area contributed by atoms with Crippen molar-refractivity contribution >= 4 is 11.9 Å². The first kappa shape index (κ1) is 16.7. The zero-order chi connectivity index (χ0) is 16.7. The summed E-state index contributed by atoms with van der Waals surface area (Å²) in [5, 5.41) is 2.46. The molecule has 0 radical (unpaired) electrons. The van der Waals surface area contributed by atoms with Gasteiger partial charge in [-0.3, -0.25) is 9.78 Å². The van der Waals surface area contributed by atoms with Crippen LogP contribution < -0.4 is 5.32 Å². The van der Waals surface area contributed by atoms with Crippen molar-refractivity contribution in [2.75, 3.05) is 18.5 Å². The van der Waals surface area contributed by atoms with Crippen LogP contribution in [0.15, 0.2) is 36.7 Å². The number of pyridine rings is 1. The Hall–Kier alpha value is -2.64. The van der Waals surface area contributed by atoms with E-state index in [0.29, 0.717) is 5.69 Å². The van der Waals surface area contributed by atoms with E-state index in [1.165, 1.54) is 30.6 Å². The van der Waals surface area contributed by atoms with Gasteiger partial charge in [0, 0.05) is 12.4 Å². The molecule has 0 spiro atoms. The summed E-state index contributed by atoms with van der Waals surface area (Å²) in [5.41, 5.74) is 0.0530. The maximum Gasteiger partial charge on any atom is 0.311 e. The number of ether oxygens (including phenoxy) is 1. The third-order valence-corrected chi connectivity index (χ3v) is 2.85. The second-order valence-corrected chi connectivity index (χ2v) is 4.63. The Morgan fingerprint density at radius 3 is 2.78 bits per heavy atom. The Labute approximate surface area is 131 Å². The van der Waals surface area contributed by atoms with Gasteiger partial charge in [0.15, 0.2) is 0 Å². The van der Waals surface area contributed by atoms with Gasteiger partial charge in [0.1, 0.15) is 5.69 Å². The Morgan fingerprint density at radius 1 is 1.26 bits per heavy atom. The molecule has 2 aromatic heterocycles. The first-order valence-electron chi connectivity index (χ1n) is 7.02. The number of hydrogen-bond donors (Lipinski definition) is 1. The van der Waals surface area contributed by atoms with E-state index in [4.69, 9.17) is 4.74 Å². The highest BCUT2D eigenvalue weighted by Gasteiger charge is 2.33. The molecule has 2 rings (SSSR count). The average molecular weight is 322 g/mol. The van der Waals surface area contributed by atoms with Gasteiger partial charge < -0.3 is 10.1 Å². The topological polar surface area (TPSA) is 77.0 Å². The van der Waals surface area contributed by atoms with E-state index in [1.807, 2.05) is 0 Å². The van der Waals surface area contributed by atoms with Gasteiger partial charge in [-0.1, -0.05) is 6.07 Å². The lowest BCUT2D eigenvalue weighted by Crippen LogP contribution is -2.26. The van der Waals surface area contributed by atoms with E-state index in [2.05, 4.69) is 20.3 Å². The van der Waals surface area contributed by atoms with Gasteiger partial charge in [-0.25, -0.2) is 9.97 Å². The Kier molecular flexibility index (Phi) is 5.51. The van der Waals surface area contributed by atoms with Crippen LogP contribution in [0.5, 0.6) is 0 Å². The minimum atomic E-state index is -3.16. The Balaban J connectivity index is 1.99. The highest BCUT2D eigenvalue weighted by atomic mass is 19.3. The number of hydrogen-bond acceptors (Lipinski definition) is 6.